The second kappa shape index (κ2) is 7.22. The number of hydrogen-bond acceptors (Lipinski definition) is 5. The number of rotatable bonds is 5. The lowest BCUT2D eigenvalue weighted by Gasteiger charge is -2.31. The Kier molecular flexibility index (Phi) is 5.91. The maximum absolute atomic E-state index is 11.7. The molecule has 1 rings (SSSR count). The highest BCUT2D eigenvalue weighted by molar-refractivity contribution is 5.78. The van der Waals surface area contributed by atoms with Crippen LogP contribution in [-0.2, 0) is 9.53 Å². The predicted molar refractivity (Wildman–Crippen MR) is 63.3 cm³/mol. The molecule has 96 valence electrons. The van der Waals surface area contributed by atoms with Gasteiger partial charge in [0.15, 0.2) is 0 Å². The number of ether oxygens (including phenoxy) is 1. The summed E-state index contributed by atoms with van der Waals surface area (Å²) in [5, 5.41) is 14.9. The van der Waals surface area contributed by atoms with Crippen molar-refractivity contribution in [3.63, 3.8) is 0 Å². The number of nitrogens with zero attached hydrogens (tertiary/aromatic N) is 2. The third-order valence-electron chi connectivity index (χ3n) is 2.67. The zero-order valence-corrected chi connectivity index (χ0v) is 10.4. The van der Waals surface area contributed by atoms with Crippen LogP contribution in [0.1, 0.15) is 6.92 Å². The van der Waals surface area contributed by atoms with E-state index in [9.17, 15) is 4.79 Å². The van der Waals surface area contributed by atoms with E-state index in [0.717, 1.165) is 13.1 Å². The maximum atomic E-state index is 11.7. The van der Waals surface area contributed by atoms with Crippen LogP contribution in [0.25, 0.3) is 0 Å². The molecule has 0 bridgehead atoms. The van der Waals surface area contributed by atoms with Crippen LogP contribution in [-0.4, -0.2) is 62.8 Å². The van der Waals surface area contributed by atoms with Crippen molar-refractivity contribution in [2.75, 3.05) is 39.9 Å². The summed E-state index contributed by atoms with van der Waals surface area (Å²) >= 11 is 0. The second-order valence-electron chi connectivity index (χ2n) is 4.24. The molecule has 0 aromatic rings. The maximum Gasteiger partial charge on any atom is 0.234 e. The molecular weight excluding hydrogens is 220 g/mol. The second-order valence-corrected chi connectivity index (χ2v) is 4.24. The highest BCUT2D eigenvalue weighted by atomic mass is 16.5. The Morgan fingerprint density at radius 2 is 2.53 bits per heavy atom. The van der Waals surface area contributed by atoms with E-state index >= 15 is 0 Å². The number of nitrogens with one attached hydrogen (secondary N) is 2. The van der Waals surface area contributed by atoms with Gasteiger partial charge in [-0.2, -0.15) is 5.26 Å². The topological polar surface area (TPSA) is 77.4 Å². The number of nitriles is 1. The van der Waals surface area contributed by atoms with Gasteiger partial charge >= 0.3 is 0 Å². The standard InChI is InChI=1S/C11H20N4O2/c1-9(8-17-2)14-11(16)7-15-4-3-13-6-10(15)5-12/h9-10,13H,3-4,6-8H2,1-2H3,(H,14,16). The molecule has 2 N–H and O–H groups in total. The van der Waals surface area contributed by atoms with Crippen LogP contribution in [0, 0.1) is 11.3 Å². The van der Waals surface area contributed by atoms with Crippen LogP contribution < -0.4 is 10.6 Å². The molecular formula is C11H20N4O2. The van der Waals surface area contributed by atoms with Gasteiger partial charge in [0.1, 0.15) is 6.04 Å². The van der Waals surface area contributed by atoms with Gasteiger partial charge in [0.05, 0.1) is 19.2 Å². The Bertz CT molecular complexity index is 290. The van der Waals surface area contributed by atoms with Crippen molar-refractivity contribution in [3.8, 4) is 6.07 Å². The molecule has 1 heterocycles. The number of carbonyl (C=O) groups excluding carboxylic acids is 1. The summed E-state index contributed by atoms with van der Waals surface area (Å²) in [6.45, 7) is 4.82. The van der Waals surface area contributed by atoms with E-state index in [4.69, 9.17) is 10.00 Å². The van der Waals surface area contributed by atoms with E-state index in [1.807, 2.05) is 11.8 Å². The molecule has 0 radical (unpaired) electrons. The summed E-state index contributed by atoms with van der Waals surface area (Å²) in [7, 11) is 1.60. The quantitative estimate of drug-likeness (QED) is 0.640. The molecule has 0 aromatic carbocycles. The first-order valence-corrected chi connectivity index (χ1v) is 5.80. The van der Waals surface area contributed by atoms with Crippen LogP contribution in [0.15, 0.2) is 0 Å². The largest absolute Gasteiger partial charge is 0.383 e. The number of carbonyl (C=O) groups is 1. The third-order valence-corrected chi connectivity index (χ3v) is 2.67. The van der Waals surface area contributed by atoms with Crippen LogP contribution >= 0.6 is 0 Å². The monoisotopic (exact) mass is 240 g/mol. The fourth-order valence-corrected chi connectivity index (χ4v) is 1.86. The van der Waals surface area contributed by atoms with Gasteiger partial charge in [-0.05, 0) is 6.92 Å². The first-order chi connectivity index (χ1) is 8.17. The minimum Gasteiger partial charge on any atom is -0.383 e. The smallest absolute Gasteiger partial charge is 0.234 e. The molecule has 1 saturated heterocycles. The third kappa shape index (κ3) is 4.69. The Labute approximate surface area is 102 Å². The molecule has 1 amide bonds. The molecule has 6 heteroatoms. The lowest BCUT2D eigenvalue weighted by molar-refractivity contribution is -0.123. The van der Waals surface area contributed by atoms with Crippen molar-refractivity contribution in [1.29, 1.82) is 5.26 Å². The highest BCUT2D eigenvalue weighted by Gasteiger charge is 2.23. The zero-order valence-electron chi connectivity index (χ0n) is 10.4. The molecule has 0 aromatic heterocycles. The molecule has 0 spiro atoms. The van der Waals surface area contributed by atoms with E-state index in [1.54, 1.807) is 7.11 Å². The number of methoxy groups -OCH3 is 1. The van der Waals surface area contributed by atoms with Crippen LogP contribution in [0.4, 0.5) is 0 Å². The van der Waals surface area contributed by atoms with Gasteiger partial charge in [-0.15, -0.1) is 0 Å². The van der Waals surface area contributed by atoms with E-state index in [2.05, 4.69) is 16.7 Å². The SMILES string of the molecule is COCC(C)NC(=O)CN1CCNCC1C#N. The zero-order chi connectivity index (χ0) is 12.7. The molecule has 1 aliphatic rings. The lowest BCUT2D eigenvalue weighted by atomic mass is 10.2. The van der Waals surface area contributed by atoms with Gasteiger partial charge in [0.2, 0.25) is 5.91 Å². The molecule has 0 saturated carbocycles. The summed E-state index contributed by atoms with van der Waals surface area (Å²) in [6.07, 6.45) is 0. The van der Waals surface area contributed by atoms with Crippen molar-refractivity contribution in [3.05, 3.63) is 0 Å². The average Bonchev–Trinajstić information content (AvgIpc) is 2.29. The summed E-state index contributed by atoms with van der Waals surface area (Å²) < 4.78 is 4.95. The van der Waals surface area contributed by atoms with Gasteiger partial charge in [-0.25, -0.2) is 0 Å². The molecule has 1 fully saturated rings. The van der Waals surface area contributed by atoms with E-state index in [-0.39, 0.29) is 24.5 Å². The fourth-order valence-electron chi connectivity index (χ4n) is 1.86. The highest BCUT2D eigenvalue weighted by Crippen LogP contribution is 2.01. The summed E-state index contributed by atoms with van der Waals surface area (Å²) in [5.41, 5.74) is 0. The Balaban J connectivity index is 2.36. The fraction of sp³-hybridized carbons (Fsp3) is 0.818. The first kappa shape index (κ1) is 13.9. The first-order valence-electron chi connectivity index (χ1n) is 5.80. The Morgan fingerprint density at radius 1 is 1.76 bits per heavy atom. The van der Waals surface area contributed by atoms with Gasteiger partial charge in [0.25, 0.3) is 0 Å². The van der Waals surface area contributed by atoms with E-state index in [0.29, 0.717) is 13.2 Å². The van der Waals surface area contributed by atoms with Gasteiger partial charge in [-0.1, -0.05) is 0 Å². The Hall–Kier alpha value is -1.16. The van der Waals surface area contributed by atoms with Crippen LogP contribution in [0.2, 0.25) is 0 Å². The van der Waals surface area contributed by atoms with Gasteiger partial charge in [-0.3, -0.25) is 9.69 Å². The van der Waals surface area contributed by atoms with Crippen LogP contribution in [0.5, 0.6) is 0 Å². The van der Waals surface area contributed by atoms with Crippen molar-refractivity contribution in [2.45, 2.75) is 19.0 Å². The van der Waals surface area contributed by atoms with Crippen molar-refractivity contribution >= 4 is 5.91 Å². The number of piperazine rings is 1. The summed E-state index contributed by atoms with van der Waals surface area (Å²) in [4.78, 5) is 13.6. The average molecular weight is 240 g/mol. The molecule has 17 heavy (non-hydrogen) atoms. The van der Waals surface area contributed by atoms with Crippen molar-refractivity contribution in [2.24, 2.45) is 0 Å². The molecule has 6 nitrogen and oxygen atoms in total. The minimum atomic E-state index is -0.216. The van der Waals surface area contributed by atoms with Gasteiger partial charge < -0.3 is 15.4 Å². The number of amides is 1. The predicted octanol–water partition coefficient (Wildman–Crippen LogP) is -1.07. The van der Waals surface area contributed by atoms with E-state index in [1.165, 1.54) is 0 Å². The molecule has 2 unspecified atom stereocenters. The number of hydrogen-bond donors (Lipinski definition) is 2. The Morgan fingerprint density at radius 3 is 3.18 bits per heavy atom. The lowest BCUT2D eigenvalue weighted by Crippen LogP contribution is -2.54. The normalized spacial score (nSPS) is 22.8. The van der Waals surface area contributed by atoms with Crippen molar-refractivity contribution in [1.82, 2.24) is 15.5 Å². The van der Waals surface area contributed by atoms with Crippen LogP contribution in [0.3, 0.4) is 0 Å². The minimum absolute atomic E-state index is 0.00375. The molecule has 0 aliphatic carbocycles. The summed E-state index contributed by atoms with van der Waals surface area (Å²) in [6, 6.07) is 1.98. The van der Waals surface area contributed by atoms with Gasteiger partial charge in [0, 0.05) is 32.8 Å². The summed E-state index contributed by atoms with van der Waals surface area (Å²) in [5.74, 6) is -0.0586. The van der Waals surface area contributed by atoms with Crippen molar-refractivity contribution < 1.29 is 9.53 Å². The molecule has 1 aliphatic heterocycles. The molecule has 2 atom stereocenters. The van der Waals surface area contributed by atoms with E-state index < -0.39 is 0 Å².